The second-order valence-electron chi connectivity index (χ2n) is 9.39. The summed E-state index contributed by atoms with van der Waals surface area (Å²) >= 11 is 0. The van der Waals surface area contributed by atoms with Gasteiger partial charge >= 0.3 is 0 Å². The first-order valence-electron chi connectivity index (χ1n) is 12.1. The molecule has 6 rings (SSSR count). The number of aromatic amines is 1. The lowest BCUT2D eigenvalue weighted by Gasteiger charge is -2.35. The summed E-state index contributed by atoms with van der Waals surface area (Å²) in [5, 5.41) is 1.48. The summed E-state index contributed by atoms with van der Waals surface area (Å²) in [6.07, 6.45) is 7.02. The van der Waals surface area contributed by atoms with Gasteiger partial charge in [0, 0.05) is 55.0 Å². The molecule has 1 fully saturated rings. The number of H-pyrrole nitrogens is 1. The lowest BCUT2D eigenvalue weighted by Crippen LogP contribution is -2.50. The third-order valence-corrected chi connectivity index (χ3v) is 9.13. The van der Waals surface area contributed by atoms with Crippen LogP contribution < -0.4 is 0 Å². The van der Waals surface area contributed by atoms with E-state index < -0.39 is 10.0 Å². The van der Waals surface area contributed by atoms with Crippen molar-refractivity contribution in [1.29, 1.82) is 0 Å². The molecule has 1 amide bonds. The first-order chi connectivity index (χ1) is 16.9. The van der Waals surface area contributed by atoms with Crippen molar-refractivity contribution in [1.82, 2.24) is 24.2 Å². The van der Waals surface area contributed by atoms with Gasteiger partial charge in [-0.25, -0.2) is 13.4 Å². The number of pyridine rings is 2. The van der Waals surface area contributed by atoms with Gasteiger partial charge in [-0.2, -0.15) is 4.31 Å². The number of rotatable bonds is 3. The van der Waals surface area contributed by atoms with Gasteiger partial charge in [0.1, 0.15) is 10.5 Å². The third kappa shape index (κ3) is 3.70. The summed E-state index contributed by atoms with van der Waals surface area (Å²) in [5.41, 5.74) is 5.35. The van der Waals surface area contributed by atoms with Crippen molar-refractivity contribution in [2.75, 3.05) is 26.2 Å². The molecule has 2 aliphatic rings. The lowest BCUT2D eigenvalue weighted by atomic mass is 9.89. The number of aromatic nitrogens is 3. The van der Waals surface area contributed by atoms with Gasteiger partial charge in [-0.1, -0.05) is 11.6 Å². The van der Waals surface area contributed by atoms with Gasteiger partial charge in [-0.15, -0.1) is 0 Å². The molecule has 4 aromatic rings. The zero-order chi connectivity index (χ0) is 24.2. The molecule has 0 radical (unpaired) electrons. The Morgan fingerprint density at radius 3 is 2.66 bits per heavy atom. The van der Waals surface area contributed by atoms with Crippen LogP contribution in [0.3, 0.4) is 0 Å². The number of fused-ring (bicyclic) bond motifs is 3. The Bertz CT molecular complexity index is 1570. The van der Waals surface area contributed by atoms with Crippen molar-refractivity contribution in [3.05, 3.63) is 65.1 Å². The lowest BCUT2D eigenvalue weighted by molar-refractivity contribution is 0.0698. The van der Waals surface area contributed by atoms with Gasteiger partial charge in [-0.3, -0.25) is 9.78 Å². The van der Waals surface area contributed by atoms with Crippen molar-refractivity contribution in [3.8, 4) is 0 Å². The predicted octanol–water partition coefficient (Wildman–Crippen LogP) is 3.45. The number of nitrogens with one attached hydrogen (secondary N) is 1. The van der Waals surface area contributed by atoms with Gasteiger partial charge in [0.2, 0.25) is 10.0 Å². The topological polar surface area (TPSA) is 99.3 Å². The first-order valence-corrected chi connectivity index (χ1v) is 13.5. The van der Waals surface area contributed by atoms with E-state index in [0.717, 1.165) is 59.0 Å². The quantitative estimate of drug-likeness (QED) is 0.475. The fraction of sp³-hybridized carbons (Fsp3) is 0.346. The molecule has 0 spiro atoms. The number of carbonyl (C=O) groups excluding carboxylic acids is 1. The number of amides is 1. The second-order valence-corrected chi connectivity index (χ2v) is 11.3. The minimum atomic E-state index is -3.70. The number of sulfonamides is 1. The summed E-state index contributed by atoms with van der Waals surface area (Å²) in [4.78, 5) is 27.9. The normalized spacial score (nSPS) is 17.1. The number of piperazine rings is 1. The molecule has 8 nitrogen and oxygen atoms in total. The first kappa shape index (κ1) is 22.2. The van der Waals surface area contributed by atoms with Crippen LogP contribution in [0.25, 0.3) is 21.9 Å². The van der Waals surface area contributed by atoms with Crippen LogP contribution in [-0.2, 0) is 22.9 Å². The summed E-state index contributed by atoms with van der Waals surface area (Å²) in [7, 11) is -3.70. The maximum absolute atomic E-state index is 13.9. The van der Waals surface area contributed by atoms with Gasteiger partial charge in [-0.05, 0) is 62.4 Å². The number of carbonyl (C=O) groups is 1. The van der Waals surface area contributed by atoms with Crippen molar-refractivity contribution < 1.29 is 13.2 Å². The van der Waals surface area contributed by atoms with Crippen LogP contribution in [0.5, 0.6) is 0 Å². The van der Waals surface area contributed by atoms with E-state index in [-0.39, 0.29) is 23.9 Å². The molecule has 35 heavy (non-hydrogen) atoms. The highest BCUT2D eigenvalue weighted by Gasteiger charge is 2.34. The zero-order valence-corrected chi connectivity index (χ0v) is 20.4. The van der Waals surface area contributed by atoms with E-state index in [9.17, 15) is 13.2 Å². The molecule has 0 unspecified atom stereocenters. The maximum Gasteiger partial charge on any atom is 0.254 e. The molecule has 1 N–H and O–H groups in total. The molecule has 0 atom stereocenters. The number of aryl methyl sites for hydroxylation is 2. The number of hydrogen-bond acceptors (Lipinski definition) is 5. The molecule has 1 aliphatic heterocycles. The second kappa shape index (κ2) is 8.42. The van der Waals surface area contributed by atoms with Crippen molar-refractivity contribution >= 4 is 37.9 Å². The minimum absolute atomic E-state index is 0.0190. The Morgan fingerprint density at radius 1 is 1.03 bits per heavy atom. The van der Waals surface area contributed by atoms with Gasteiger partial charge in [0.05, 0.1) is 11.1 Å². The fourth-order valence-corrected chi connectivity index (χ4v) is 6.93. The summed E-state index contributed by atoms with van der Waals surface area (Å²) in [6.45, 7) is 3.24. The molecule has 0 saturated carbocycles. The monoisotopic (exact) mass is 489 g/mol. The number of benzene rings is 1. The Morgan fingerprint density at radius 2 is 1.83 bits per heavy atom. The van der Waals surface area contributed by atoms with Crippen LogP contribution in [0.2, 0.25) is 0 Å². The molecular weight excluding hydrogens is 462 g/mol. The summed E-state index contributed by atoms with van der Waals surface area (Å²) < 4.78 is 28.2. The average molecular weight is 490 g/mol. The highest BCUT2D eigenvalue weighted by molar-refractivity contribution is 7.89. The van der Waals surface area contributed by atoms with E-state index >= 15 is 0 Å². The summed E-state index contributed by atoms with van der Waals surface area (Å²) in [6, 6.07) is 9.56. The van der Waals surface area contributed by atoms with Crippen molar-refractivity contribution in [3.63, 3.8) is 0 Å². The van der Waals surface area contributed by atoms with E-state index in [0.29, 0.717) is 24.1 Å². The van der Waals surface area contributed by atoms with Gasteiger partial charge < -0.3 is 9.88 Å². The molecule has 180 valence electrons. The largest absolute Gasteiger partial charge is 0.345 e. The Kier molecular flexibility index (Phi) is 5.34. The van der Waals surface area contributed by atoms with Crippen LogP contribution >= 0.6 is 0 Å². The summed E-state index contributed by atoms with van der Waals surface area (Å²) in [5.74, 6) is -0.0190. The molecule has 4 heterocycles. The average Bonchev–Trinajstić information content (AvgIpc) is 3.32. The highest BCUT2D eigenvalue weighted by Crippen LogP contribution is 2.32. The van der Waals surface area contributed by atoms with Gasteiger partial charge in [0.25, 0.3) is 5.91 Å². The van der Waals surface area contributed by atoms with Crippen LogP contribution in [-0.4, -0.2) is 64.7 Å². The highest BCUT2D eigenvalue weighted by atomic mass is 32.2. The Labute approximate surface area is 204 Å². The molecule has 1 aliphatic carbocycles. The SMILES string of the molecule is Cc1ccc2nc3c(c(C(=O)N4CCN(S(=O)(=O)c5c[nH]c6ncccc56)CC4)c2c1)CCCC3. The van der Waals surface area contributed by atoms with Crippen LogP contribution in [0.15, 0.2) is 47.6 Å². The van der Waals surface area contributed by atoms with E-state index in [1.807, 2.05) is 19.1 Å². The van der Waals surface area contributed by atoms with Crippen molar-refractivity contribution in [2.24, 2.45) is 0 Å². The Hall–Kier alpha value is -3.30. The molecule has 0 bridgehead atoms. The maximum atomic E-state index is 13.9. The molecule has 1 aromatic carbocycles. The predicted molar refractivity (Wildman–Crippen MR) is 134 cm³/mol. The van der Waals surface area contributed by atoms with E-state index in [1.54, 1.807) is 23.2 Å². The van der Waals surface area contributed by atoms with Crippen LogP contribution in [0.1, 0.15) is 40.0 Å². The number of nitrogens with zero attached hydrogens (tertiary/aromatic N) is 4. The van der Waals surface area contributed by atoms with E-state index in [2.05, 4.69) is 16.0 Å². The molecule has 3 aromatic heterocycles. The standard InChI is InChI=1S/C26H27N5O3S/c1-17-8-9-22-20(15-17)24(18-5-2-3-7-21(18)29-22)26(32)30-11-13-31(14-12-30)35(33,34)23-16-28-25-19(23)6-4-10-27-25/h4,6,8-10,15-16H,2-3,5,7,11-14H2,1H3,(H,27,28). The number of hydrogen-bond donors (Lipinski definition) is 1. The fourth-order valence-electron chi connectivity index (χ4n) is 5.35. The van der Waals surface area contributed by atoms with Gasteiger partial charge in [0.15, 0.2) is 0 Å². The van der Waals surface area contributed by atoms with E-state index in [4.69, 9.17) is 4.98 Å². The molecule has 1 saturated heterocycles. The minimum Gasteiger partial charge on any atom is -0.345 e. The molecule has 9 heteroatoms. The van der Waals surface area contributed by atoms with E-state index in [1.165, 1.54) is 10.5 Å². The van der Waals surface area contributed by atoms with Crippen LogP contribution in [0, 0.1) is 6.92 Å². The molecular formula is C26H27N5O3S. The zero-order valence-electron chi connectivity index (χ0n) is 19.6. The van der Waals surface area contributed by atoms with Crippen LogP contribution in [0.4, 0.5) is 0 Å². The third-order valence-electron chi connectivity index (χ3n) is 7.19. The van der Waals surface area contributed by atoms with Crippen molar-refractivity contribution in [2.45, 2.75) is 37.5 Å². The smallest absolute Gasteiger partial charge is 0.254 e. The Balaban J connectivity index is 1.29.